The third kappa shape index (κ3) is 7.29. The summed E-state index contributed by atoms with van der Waals surface area (Å²) in [6, 6.07) is 7.98. The highest BCUT2D eigenvalue weighted by molar-refractivity contribution is 14.0. The van der Waals surface area contributed by atoms with Crippen molar-refractivity contribution in [2.75, 3.05) is 19.6 Å². The Kier molecular flexibility index (Phi) is 10.1. The highest BCUT2D eigenvalue weighted by Gasteiger charge is 2.20. The van der Waals surface area contributed by atoms with Gasteiger partial charge in [-0.2, -0.15) is 0 Å². The number of nitrogens with one attached hydrogen (secondary N) is 2. The lowest BCUT2D eigenvalue weighted by atomic mass is 9.85. The molecule has 27 heavy (non-hydrogen) atoms. The molecule has 0 amide bonds. The minimum Gasteiger partial charge on any atom is -0.357 e. The van der Waals surface area contributed by atoms with Gasteiger partial charge in [0, 0.05) is 36.5 Å². The Balaban J connectivity index is 0.00000364. The first-order valence-electron chi connectivity index (χ1n) is 9.11. The fourth-order valence-electron chi connectivity index (χ4n) is 2.65. The van der Waals surface area contributed by atoms with Crippen LogP contribution in [0.5, 0.6) is 0 Å². The molecule has 1 aromatic heterocycles. The molecular formula is C19H30ClIN6. The minimum atomic E-state index is -0.100. The van der Waals surface area contributed by atoms with Gasteiger partial charge in [-0.25, -0.2) is 0 Å². The predicted octanol–water partition coefficient (Wildman–Crippen LogP) is 3.64. The fraction of sp³-hybridized carbons (Fsp3) is 0.526. The van der Waals surface area contributed by atoms with Gasteiger partial charge in [0.05, 0.1) is 6.54 Å². The summed E-state index contributed by atoms with van der Waals surface area (Å²) >= 11 is 6.13. The van der Waals surface area contributed by atoms with E-state index >= 15 is 0 Å². The molecule has 8 heteroatoms. The molecule has 2 aromatic rings. The van der Waals surface area contributed by atoms with E-state index in [0.717, 1.165) is 42.9 Å². The summed E-state index contributed by atoms with van der Waals surface area (Å²) in [6.07, 6.45) is 2.65. The number of aliphatic imine (C=N–C) groups is 1. The molecule has 2 rings (SSSR count). The van der Waals surface area contributed by atoms with Crippen molar-refractivity contribution in [3.63, 3.8) is 0 Å². The Morgan fingerprint density at radius 3 is 2.70 bits per heavy atom. The topological polar surface area (TPSA) is 67.1 Å². The maximum atomic E-state index is 6.13. The number of aromatic nitrogens is 3. The van der Waals surface area contributed by atoms with Gasteiger partial charge in [-0.15, -0.1) is 34.2 Å². The summed E-state index contributed by atoms with van der Waals surface area (Å²) in [4.78, 5) is 4.76. The lowest BCUT2D eigenvalue weighted by molar-refractivity contribution is 0.536. The molecule has 0 atom stereocenters. The van der Waals surface area contributed by atoms with E-state index in [1.54, 1.807) is 6.33 Å². The van der Waals surface area contributed by atoms with E-state index in [1.165, 1.54) is 5.56 Å². The minimum absolute atomic E-state index is 0. The smallest absolute Gasteiger partial charge is 0.191 e. The average Bonchev–Trinajstić information content (AvgIpc) is 3.07. The van der Waals surface area contributed by atoms with Gasteiger partial charge in [0.25, 0.3) is 0 Å². The van der Waals surface area contributed by atoms with Gasteiger partial charge in [0.15, 0.2) is 5.96 Å². The molecule has 1 heterocycles. The van der Waals surface area contributed by atoms with Crippen LogP contribution in [-0.4, -0.2) is 40.4 Å². The van der Waals surface area contributed by atoms with Crippen molar-refractivity contribution in [2.45, 2.75) is 46.1 Å². The van der Waals surface area contributed by atoms with Crippen LogP contribution in [0, 0.1) is 0 Å². The summed E-state index contributed by atoms with van der Waals surface area (Å²) in [7, 11) is 0. The molecule has 1 aromatic carbocycles. The van der Waals surface area contributed by atoms with Crippen LogP contribution in [0.4, 0.5) is 0 Å². The second-order valence-corrected chi connectivity index (χ2v) is 7.25. The number of aryl methyl sites for hydroxylation is 1. The lowest BCUT2D eigenvalue weighted by Gasteiger charge is -2.24. The lowest BCUT2D eigenvalue weighted by Crippen LogP contribution is -2.40. The highest BCUT2D eigenvalue weighted by atomic mass is 127. The zero-order valence-corrected chi connectivity index (χ0v) is 19.6. The van der Waals surface area contributed by atoms with Crippen molar-refractivity contribution in [3.05, 3.63) is 47.0 Å². The van der Waals surface area contributed by atoms with Crippen LogP contribution < -0.4 is 10.6 Å². The maximum Gasteiger partial charge on any atom is 0.191 e. The number of guanidine groups is 1. The quantitative estimate of drug-likeness (QED) is 0.327. The van der Waals surface area contributed by atoms with Crippen LogP contribution in [0.15, 0.2) is 35.6 Å². The molecule has 0 aliphatic carbocycles. The molecule has 0 aliphatic heterocycles. The van der Waals surface area contributed by atoms with E-state index in [0.29, 0.717) is 6.54 Å². The van der Waals surface area contributed by atoms with Crippen molar-refractivity contribution in [1.29, 1.82) is 0 Å². The summed E-state index contributed by atoms with van der Waals surface area (Å²) in [5.41, 5.74) is 1.08. The zero-order valence-electron chi connectivity index (χ0n) is 16.5. The van der Waals surface area contributed by atoms with Crippen molar-refractivity contribution in [3.8, 4) is 0 Å². The van der Waals surface area contributed by atoms with E-state index in [-0.39, 0.29) is 29.4 Å². The van der Waals surface area contributed by atoms with Crippen molar-refractivity contribution in [1.82, 2.24) is 25.4 Å². The largest absolute Gasteiger partial charge is 0.357 e. The van der Waals surface area contributed by atoms with Crippen LogP contribution in [-0.2, 0) is 18.4 Å². The zero-order chi connectivity index (χ0) is 19.0. The van der Waals surface area contributed by atoms with Crippen LogP contribution in [0.1, 0.15) is 39.1 Å². The van der Waals surface area contributed by atoms with Gasteiger partial charge < -0.3 is 15.2 Å². The molecule has 0 aliphatic rings. The van der Waals surface area contributed by atoms with Crippen LogP contribution in [0.25, 0.3) is 0 Å². The van der Waals surface area contributed by atoms with Gasteiger partial charge in [-0.1, -0.05) is 44.5 Å². The molecule has 0 fully saturated rings. The van der Waals surface area contributed by atoms with Gasteiger partial charge >= 0.3 is 0 Å². The maximum absolute atomic E-state index is 6.13. The first-order valence-corrected chi connectivity index (χ1v) is 9.49. The SMILES string of the molecule is CCNC(=NCC(C)(C)c1cccc(Cl)c1)NCCn1cnnc1CC.I. The Labute approximate surface area is 184 Å². The standard InChI is InChI=1S/C19H29ClN6.HI/c1-5-17-25-24-14-26(17)11-10-22-18(21-6-2)23-13-19(3,4)15-8-7-9-16(20)12-15;/h7-9,12,14H,5-6,10-11,13H2,1-4H3,(H2,21,22,23);1H. The normalized spacial score (nSPS) is 11.8. The van der Waals surface area contributed by atoms with E-state index in [4.69, 9.17) is 16.6 Å². The van der Waals surface area contributed by atoms with Gasteiger partial charge in [0.1, 0.15) is 12.2 Å². The molecule has 0 bridgehead atoms. The monoisotopic (exact) mass is 504 g/mol. The molecule has 0 radical (unpaired) electrons. The first kappa shape index (κ1) is 23.7. The Morgan fingerprint density at radius 2 is 2.04 bits per heavy atom. The molecule has 150 valence electrons. The van der Waals surface area contributed by atoms with Crippen molar-refractivity contribution < 1.29 is 0 Å². The Bertz CT molecular complexity index is 728. The number of benzene rings is 1. The predicted molar refractivity (Wildman–Crippen MR) is 123 cm³/mol. The number of halogens is 2. The number of nitrogens with zero attached hydrogens (tertiary/aromatic N) is 4. The third-order valence-electron chi connectivity index (χ3n) is 4.24. The van der Waals surface area contributed by atoms with E-state index in [2.05, 4.69) is 59.2 Å². The third-order valence-corrected chi connectivity index (χ3v) is 4.47. The number of rotatable bonds is 8. The number of hydrogen-bond donors (Lipinski definition) is 2. The first-order chi connectivity index (χ1) is 12.5. The molecule has 0 saturated heterocycles. The number of hydrogen-bond acceptors (Lipinski definition) is 3. The Hall–Kier alpha value is -1.35. The molecule has 0 spiro atoms. The average molecular weight is 505 g/mol. The second kappa shape index (κ2) is 11.5. The van der Waals surface area contributed by atoms with Crippen LogP contribution in [0.2, 0.25) is 5.02 Å². The molecule has 0 unspecified atom stereocenters. The van der Waals surface area contributed by atoms with Gasteiger partial charge in [0.2, 0.25) is 0 Å². The summed E-state index contributed by atoms with van der Waals surface area (Å²) < 4.78 is 2.06. The van der Waals surface area contributed by atoms with Crippen molar-refractivity contribution >= 4 is 41.5 Å². The molecule has 2 N–H and O–H groups in total. The van der Waals surface area contributed by atoms with E-state index in [9.17, 15) is 0 Å². The second-order valence-electron chi connectivity index (χ2n) is 6.81. The van der Waals surface area contributed by atoms with Gasteiger partial charge in [-0.05, 0) is 24.6 Å². The van der Waals surface area contributed by atoms with E-state index < -0.39 is 0 Å². The summed E-state index contributed by atoms with van der Waals surface area (Å²) in [5.74, 6) is 1.81. The molecule has 0 saturated carbocycles. The van der Waals surface area contributed by atoms with Crippen LogP contribution in [0.3, 0.4) is 0 Å². The molecular weight excluding hydrogens is 475 g/mol. The van der Waals surface area contributed by atoms with Crippen LogP contribution >= 0.6 is 35.6 Å². The van der Waals surface area contributed by atoms with Crippen molar-refractivity contribution in [2.24, 2.45) is 4.99 Å². The fourth-order valence-corrected chi connectivity index (χ4v) is 2.84. The highest BCUT2D eigenvalue weighted by Crippen LogP contribution is 2.25. The summed E-state index contributed by atoms with van der Waals surface area (Å²) in [5, 5.41) is 15.5. The molecule has 6 nitrogen and oxygen atoms in total. The van der Waals surface area contributed by atoms with E-state index in [1.807, 2.05) is 18.2 Å². The van der Waals surface area contributed by atoms with Gasteiger partial charge in [-0.3, -0.25) is 4.99 Å². The summed E-state index contributed by atoms with van der Waals surface area (Å²) in [6.45, 7) is 11.5. The Morgan fingerprint density at radius 1 is 1.26 bits per heavy atom.